The second kappa shape index (κ2) is 8.17. The molecule has 0 unspecified atom stereocenters. The van der Waals surface area contributed by atoms with Crippen molar-refractivity contribution in [1.82, 2.24) is 14.7 Å². The molecule has 0 spiro atoms. The Bertz CT molecular complexity index is 953. The normalized spacial score (nSPS) is 13.1. The van der Waals surface area contributed by atoms with Crippen LogP contribution in [0.1, 0.15) is 23.6 Å². The van der Waals surface area contributed by atoms with Gasteiger partial charge in [0.1, 0.15) is 5.75 Å². The predicted molar refractivity (Wildman–Crippen MR) is 109 cm³/mol. The van der Waals surface area contributed by atoms with E-state index >= 15 is 0 Å². The van der Waals surface area contributed by atoms with Gasteiger partial charge in [0.2, 0.25) is 0 Å². The van der Waals surface area contributed by atoms with Crippen LogP contribution in [0.25, 0.3) is 0 Å². The third-order valence-corrected chi connectivity index (χ3v) is 4.87. The van der Waals surface area contributed by atoms with Crippen LogP contribution < -0.4 is 10.1 Å². The molecule has 0 bridgehead atoms. The lowest BCUT2D eigenvalue weighted by Crippen LogP contribution is -2.38. The summed E-state index contributed by atoms with van der Waals surface area (Å²) in [5.41, 5.74) is 4.32. The lowest BCUT2D eigenvalue weighted by Gasteiger charge is -2.29. The Balaban J connectivity index is 1.42. The molecule has 0 fully saturated rings. The highest BCUT2D eigenvalue weighted by Gasteiger charge is 2.21. The van der Waals surface area contributed by atoms with Crippen LogP contribution in [0.15, 0.2) is 60.9 Å². The lowest BCUT2D eigenvalue weighted by atomic mass is 10.00. The molecule has 6 heteroatoms. The minimum Gasteiger partial charge on any atom is -0.494 e. The van der Waals surface area contributed by atoms with Gasteiger partial charge in [-0.15, -0.1) is 0 Å². The van der Waals surface area contributed by atoms with E-state index in [1.807, 2.05) is 65.2 Å². The van der Waals surface area contributed by atoms with E-state index in [1.165, 1.54) is 5.56 Å². The van der Waals surface area contributed by atoms with Gasteiger partial charge in [-0.3, -0.25) is 4.68 Å². The smallest absolute Gasteiger partial charge is 0.322 e. The minimum absolute atomic E-state index is 0.0799. The zero-order valence-corrected chi connectivity index (χ0v) is 16.0. The number of carbonyl (C=O) groups excluding carboxylic acids is 1. The fourth-order valence-electron chi connectivity index (χ4n) is 3.49. The molecule has 1 aliphatic heterocycles. The molecule has 0 saturated heterocycles. The SMILES string of the molecule is CCOc1ccc2c(c1)CN(C(=O)Nc1cccc(Cn3cccn3)c1)CC2. The molecule has 0 radical (unpaired) electrons. The number of hydrogen-bond acceptors (Lipinski definition) is 3. The van der Waals surface area contributed by atoms with Crippen molar-refractivity contribution in [2.45, 2.75) is 26.4 Å². The van der Waals surface area contributed by atoms with Gasteiger partial charge in [0.15, 0.2) is 0 Å². The van der Waals surface area contributed by atoms with Gasteiger partial charge < -0.3 is 15.0 Å². The Labute approximate surface area is 164 Å². The summed E-state index contributed by atoms with van der Waals surface area (Å²) in [6.07, 6.45) is 4.54. The van der Waals surface area contributed by atoms with Gasteiger partial charge in [-0.25, -0.2) is 4.79 Å². The molecule has 1 aromatic heterocycles. The van der Waals surface area contributed by atoms with E-state index in [2.05, 4.69) is 16.5 Å². The van der Waals surface area contributed by atoms with Crippen LogP contribution in [0.5, 0.6) is 5.75 Å². The molecule has 0 atom stereocenters. The highest BCUT2D eigenvalue weighted by molar-refractivity contribution is 5.89. The number of benzene rings is 2. The van der Waals surface area contributed by atoms with Crippen LogP contribution >= 0.6 is 0 Å². The largest absolute Gasteiger partial charge is 0.494 e. The first kappa shape index (κ1) is 18.1. The Hall–Kier alpha value is -3.28. The van der Waals surface area contributed by atoms with Crippen LogP contribution in [0.3, 0.4) is 0 Å². The third-order valence-electron chi connectivity index (χ3n) is 4.87. The van der Waals surface area contributed by atoms with Crippen molar-refractivity contribution in [2.24, 2.45) is 0 Å². The quantitative estimate of drug-likeness (QED) is 0.734. The molecule has 1 aliphatic rings. The molecule has 0 saturated carbocycles. The summed E-state index contributed by atoms with van der Waals surface area (Å²) >= 11 is 0. The molecule has 3 aromatic rings. The average molecular weight is 376 g/mol. The second-order valence-corrected chi connectivity index (χ2v) is 6.87. The number of anilines is 1. The van der Waals surface area contributed by atoms with Crippen molar-refractivity contribution in [2.75, 3.05) is 18.5 Å². The summed E-state index contributed by atoms with van der Waals surface area (Å²) in [7, 11) is 0. The van der Waals surface area contributed by atoms with Gasteiger partial charge in [0, 0.05) is 31.2 Å². The predicted octanol–water partition coefficient (Wildman–Crippen LogP) is 3.92. The van der Waals surface area contributed by atoms with Crippen molar-refractivity contribution < 1.29 is 9.53 Å². The van der Waals surface area contributed by atoms with Gasteiger partial charge in [-0.2, -0.15) is 5.10 Å². The summed E-state index contributed by atoms with van der Waals surface area (Å²) in [6.45, 7) is 4.58. The molecule has 4 rings (SSSR count). The Morgan fingerprint density at radius 3 is 2.93 bits per heavy atom. The van der Waals surface area contributed by atoms with Gasteiger partial charge in [0.25, 0.3) is 0 Å². The standard InChI is InChI=1S/C22H24N4O2/c1-2-28-21-8-7-18-9-12-25(16-19(18)14-21)22(27)24-20-6-3-5-17(13-20)15-26-11-4-10-23-26/h3-8,10-11,13-14H,2,9,12,15-16H2,1H3,(H,24,27). The monoisotopic (exact) mass is 376 g/mol. The number of hydrogen-bond donors (Lipinski definition) is 1. The van der Waals surface area contributed by atoms with E-state index in [0.29, 0.717) is 26.2 Å². The fourth-order valence-corrected chi connectivity index (χ4v) is 3.49. The highest BCUT2D eigenvalue weighted by Crippen LogP contribution is 2.24. The Morgan fingerprint density at radius 1 is 1.18 bits per heavy atom. The van der Waals surface area contributed by atoms with Crippen molar-refractivity contribution in [3.05, 3.63) is 77.6 Å². The zero-order chi connectivity index (χ0) is 19.3. The number of nitrogens with zero attached hydrogens (tertiary/aromatic N) is 3. The maximum Gasteiger partial charge on any atom is 0.322 e. The molecule has 2 amide bonds. The third kappa shape index (κ3) is 4.17. The molecule has 0 aliphatic carbocycles. The Kier molecular flexibility index (Phi) is 5.28. The Morgan fingerprint density at radius 2 is 2.11 bits per heavy atom. The average Bonchev–Trinajstić information content (AvgIpc) is 3.21. The summed E-state index contributed by atoms with van der Waals surface area (Å²) in [6, 6.07) is 15.9. The number of nitrogens with one attached hydrogen (secondary N) is 1. The van der Waals surface area contributed by atoms with E-state index in [0.717, 1.165) is 29.0 Å². The number of amides is 2. The number of ether oxygens (including phenoxy) is 1. The first-order chi connectivity index (χ1) is 13.7. The van der Waals surface area contributed by atoms with Crippen molar-refractivity contribution in [3.63, 3.8) is 0 Å². The molecular weight excluding hydrogens is 352 g/mol. The lowest BCUT2D eigenvalue weighted by molar-refractivity contribution is 0.206. The van der Waals surface area contributed by atoms with Gasteiger partial charge in [-0.1, -0.05) is 18.2 Å². The summed E-state index contributed by atoms with van der Waals surface area (Å²) in [4.78, 5) is 14.6. The molecule has 2 aromatic carbocycles. The van der Waals surface area contributed by atoms with Crippen LogP contribution in [0.2, 0.25) is 0 Å². The van der Waals surface area contributed by atoms with Gasteiger partial charge in [-0.05, 0) is 60.4 Å². The van der Waals surface area contributed by atoms with E-state index in [1.54, 1.807) is 6.20 Å². The van der Waals surface area contributed by atoms with E-state index in [4.69, 9.17) is 4.74 Å². The van der Waals surface area contributed by atoms with Crippen LogP contribution in [-0.2, 0) is 19.5 Å². The van der Waals surface area contributed by atoms with E-state index in [9.17, 15) is 4.79 Å². The van der Waals surface area contributed by atoms with Crippen LogP contribution in [0, 0.1) is 0 Å². The second-order valence-electron chi connectivity index (χ2n) is 6.87. The highest BCUT2D eigenvalue weighted by atomic mass is 16.5. The van der Waals surface area contributed by atoms with E-state index in [-0.39, 0.29) is 6.03 Å². The maximum atomic E-state index is 12.8. The number of fused-ring (bicyclic) bond motifs is 1. The molecule has 2 heterocycles. The van der Waals surface area contributed by atoms with Crippen molar-refractivity contribution in [3.8, 4) is 5.75 Å². The topological polar surface area (TPSA) is 59.4 Å². The maximum absolute atomic E-state index is 12.8. The molecule has 1 N–H and O–H groups in total. The van der Waals surface area contributed by atoms with Crippen molar-refractivity contribution >= 4 is 11.7 Å². The zero-order valence-electron chi connectivity index (χ0n) is 16.0. The first-order valence-electron chi connectivity index (χ1n) is 9.58. The summed E-state index contributed by atoms with van der Waals surface area (Å²) in [5.74, 6) is 0.856. The molecule has 28 heavy (non-hydrogen) atoms. The molecule has 6 nitrogen and oxygen atoms in total. The van der Waals surface area contributed by atoms with Crippen LogP contribution in [0.4, 0.5) is 10.5 Å². The summed E-state index contributed by atoms with van der Waals surface area (Å²) < 4.78 is 7.45. The fraction of sp³-hybridized carbons (Fsp3) is 0.273. The van der Waals surface area contributed by atoms with Gasteiger partial charge in [0.05, 0.1) is 13.2 Å². The molecule has 144 valence electrons. The van der Waals surface area contributed by atoms with Crippen molar-refractivity contribution in [1.29, 1.82) is 0 Å². The summed E-state index contributed by atoms with van der Waals surface area (Å²) in [5, 5.41) is 7.26. The number of aromatic nitrogens is 2. The first-order valence-corrected chi connectivity index (χ1v) is 9.58. The number of rotatable bonds is 5. The molecular formula is C22H24N4O2. The van der Waals surface area contributed by atoms with Gasteiger partial charge >= 0.3 is 6.03 Å². The minimum atomic E-state index is -0.0799. The number of urea groups is 1. The van der Waals surface area contributed by atoms with Crippen LogP contribution in [-0.4, -0.2) is 33.9 Å². The van der Waals surface area contributed by atoms with E-state index < -0.39 is 0 Å². The number of carbonyl (C=O) groups is 1.